The first kappa shape index (κ1) is 13.1. The average molecular weight is 225 g/mol. The summed E-state index contributed by atoms with van der Waals surface area (Å²) in [7, 11) is 0. The van der Waals surface area contributed by atoms with Gasteiger partial charge < -0.3 is 10.1 Å². The van der Waals surface area contributed by atoms with E-state index in [1.807, 2.05) is 19.1 Å². The molecule has 0 saturated heterocycles. The standard InChI is InChI=1S/C13H20FNO/c1-2-16-11-13-7-4-3-6-12(13)10-15-9-5-8-14/h3-4,6-7,15H,2,5,8-11H2,1H3. The van der Waals surface area contributed by atoms with Gasteiger partial charge in [-0.25, -0.2) is 0 Å². The van der Waals surface area contributed by atoms with Gasteiger partial charge in [-0.05, 0) is 31.0 Å². The molecular weight excluding hydrogens is 205 g/mol. The molecule has 0 saturated carbocycles. The molecule has 1 aromatic carbocycles. The van der Waals surface area contributed by atoms with Crippen LogP contribution < -0.4 is 5.32 Å². The highest BCUT2D eigenvalue weighted by molar-refractivity contribution is 5.26. The van der Waals surface area contributed by atoms with Crippen molar-refractivity contribution in [1.82, 2.24) is 5.32 Å². The maximum absolute atomic E-state index is 11.9. The Balaban J connectivity index is 2.43. The molecule has 0 aromatic heterocycles. The zero-order valence-corrected chi connectivity index (χ0v) is 9.84. The molecule has 2 nitrogen and oxygen atoms in total. The lowest BCUT2D eigenvalue weighted by Crippen LogP contribution is -2.16. The van der Waals surface area contributed by atoms with Gasteiger partial charge in [0.1, 0.15) is 0 Å². The molecule has 1 rings (SSSR count). The van der Waals surface area contributed by atoms with Crippen LogP contribution in [0.15, 0.2) is 24.3 Å². The highest BCUT2D eigenvalue weighted by atomic mass is 19.1. The van der Waals surface area contributed by atoms with E-state index in [9.17, 15) is 4.39 Å². The smallest absolute Gasteiger partial charge is 0.0906 e. The highest BCUT2D eigenvalue weighted by Gasteiger charge is 2.00. The number of hydrogen-bond donors (Lipinski definition) is 1. The van der Waals surface area contributed by atoms with E-state index in [-0.39, 0.29) is 6.67 Å². The van der Waals surface area contributed by atoms with Crippen molar-refractivity contribution in [2.75, 3.05) is 19.8 Å². The van der Waals surface area contributed by atoms with Crippen molar-refractivity contribution in [2.45, 2.75) is 26.5 Å². The Kier molecular flexibility index (Phi) is 6.77. The lowest BCUT2D eigenvalue weighted by Gasteiger charge is -2.10. The van der Waals surface area contributed by atoms with E-state index in [1.165, 1.54) is 11.1 Å². The van der Waals surface area contributed by atoms with Gasteiger partial charge in [0.2, 0.25) is 0 Å². The average Bonchev–Trinajstić information content (AvgIpc) is 2.33. The number of ether oxygens (including phenoxy) is 1. The van der Waals surface area contributed by atoms with Gasteiger partial charge in [0.25, 0.3) is 0 Å². The van der Waals surface area contributed by atoms with Crippen LogP contribution in [0.3, 0.4) is 0 Å². The normalized spacial score (nSPS) is 10.6. The Morgan fingerprint density at radius 2 is 2.00 bits per heavy atom. The topological polar surface area (TPSA) is 21.3 Å². The summed E-state index contributed by atoms with van der Waals surface area (Å²) in [5.74, 6) is 0. The molecule has 0 bridgehead atoms. The maximum Gasteiger partial charge on any atom is 0.0906 e. The molecule has 90 valence electrons. The zero-order chi connectivity index (χ0) is 11.6. The molecule has 0 fully saturated rings. The molecule has 0 spiro atoms. The minimum absolute atomic E-state index is 0.256. The predicted octanol–water partition coefficient (Wildman–Crippen LogP) is 2.67. The molecule has 0 aliphatic rings. The molecule has 3 heteroatoms. The van der Waals surface area contributed by atoms with Crippen molar-refractivity contribution in [3.05, 3.63) is 35.4 Å². The Morgan fingerprint density at radius 3 is 2.69 bits per heavy atom. The second-order valence-electron chi connectivity index (χ2n) is 3.63. The fourth-order valence-electron chi connectivity index (χ4n) is 1.50. The lowest BCUT2D eigenvalue weighted by atomic mass is 10.1. The summed E-state index contributed by atoms with van der Waals surface area (Å²) in [6.07, 6.45) is 0.577. The van der Waals surface area contributed by atoms with E-state index in [1.54, 1.807) is 0 Å². The second-order valence-corrected chi connectivity index (χ2v) is 3.63. The molecule has 0 heterocycles. The Labute approximate surface area is 96.8 Å². The molecule has 1 N–H and O–H groups in total. The SMILES string of the molecule is CCOCc1ccccc1CNCCCF. The van der Waals surface area contributed by atoms with Gasteiger partial charge in [0, 0.05) is 13.2 Å². The molecule has 0 aliphatic carbocycles. The van der Waals surface area contributed by atoms with Gasteiger partial charge >= 0.3 is 0 Å². The van der Waals surface area contributed by atoms with Crippen LogP contribution in [0.4, 0.5) is 4.39 Å². The van der Waals surface area contributed by atoms with Crippen LogP contribution in [0, 0.1) is 0 Å². The van der Waals surface area contributed by atoms with E-state index in [4.69, 9.17) is 4.74 Å². The number of rotatable bonds is 8. The first-order valence-corrected chi connectivity index (χ1v) is 5.79. The Hall–Kier alpha value is -0.930. The van der Waals surface area contributed by atoms with E-state index in [0.717, 1.165) is 19.7 Å². The van der Waals surface area contributed by atoms with Crippen LogP contribution in [0.2, 0.25) is 0 Å². The van der Waals surface area contributed by atoms with Gasteiger partial charge in [-0.1, -0.05) is 24.3 Å². The van der Waals surface area contributed by atoms with Crippen molar-refractivity contribution in [2.24, 2.45) is 0 Å². The first-order valence-electron chi connectivity index (χ1n) is 5.79. The van der Waals surface area contributed by atoms with Crippen LogP contribution in [0.1, 0.15) is 24.5 Å². The molecule has 16 heavy (non-hydrogen) atoms. The summed E-state index contributed by atoms with van der Waals surface area (Å²) in [4.78, 5) is 0. The van der Waals surface area contributed by atoms with Gasteiger partial charge in [-0.2, -0.15) is 0 Å². The number of alkyl halides is 1. The number of hydrogen-bond acceptors (Lipinski definition) is 2. The third-order valence-corrected chi connectivity index (χ3v) is 2.38. The van der Waals surface area contributed by atoms with Crippen LogP contribution in [0.25, 0.3) is 0 Å². The molecule has 0 amide bonds. The fourth-order valence-corrected chi connectivity index (χ4v) is 1.50. The third kappa shape index (κ3) is 4.73. The van der Waals surface area contributed by atoms with E-state index in [0.29, 0.717) is 13.0 Å². The first-order chi connectivity index (χ1) is 7.88. The highest BCUT2D eigenvalue weighted by Crippen LogP contribution is 2.09. The summed E-state index contributed by atoms with van der Waals surface area (Å²) in [5, 5.41) is 3.22. The Morgan fingerprint density at radius 1 is 1.25 bits per heavy atom. The van der Waals surface area contributed by atoms with Crippen LogP contribution in [-0.2, 0) is 17.9 Å². The minimum atomic E-state index is -0.256. The van der Waals surface area contributed by atoms with Gasteiger partial charge in [-0.3, -0.25) is 4.39 Å². The molecule has 1 aromatic rings. The number of benzene rings is 1. The quantitative estimate of drug-likeness (QED) is 0.687. The Bertz CT molecular complexity index is 291. The molecule has 0 atom stereocenters. The van der Waals surface area contributed by atoms with Crippen molar-refractivity contribution < 1.29 is 9.13 Å². The maximum atomic E-state index is 11.9. The summed E-state index contributed by atoms with van der Waals surface area (Å²) < 4.78 is 17.3. The second kappa shape index (κ2) is 8.25. The molecule has 0 unspecified atom stereocenters. The van der Waals surface area contributed by atoms with Crippen molar-refractivity contribution >= 4 is 0 Å². The van der Waals surface area contributed by atoms with Crippen molar-refractivity contribution in [1.29, 1.82) is 0 Å². The third-order valence-electron chi connectivity index (χ3n) is 2.38. The number of nitrogens with one attached hydrogen (secondary N) is 1. The fraction of sp³-hybridized carbons (Fsp3) is 0.538. The van der Waals surface area contributed by atoms with Gasteiger partial charge in [-0.15, -0.1) is 0 Å². The minimum Gasteiger partial charge on any atom is -0.377 e. The summed E-state index contributed by atoms with van der Waals surface area (Å²) in [6.45, 7) is 4.61. The monoisotopic (exact) mass is 225 g/mol. The number of halogens is 1. The van der Waals surface area contributed by atoms with E-state index < -0.39 is 0 Å². The van der Waals surface area contributed by atoms with Gasteiger partial charge in [0.15, 0.2) is 0 Å². The molecule has 0 aliphatic heterocycles. The van der Waals surface area contributed by atoms with E-state index >= 15 is 0 Å². The van der Waals surface area contributed by atoms with Crippen LogP contribution in [0.5, 0.6) is 0 Å². The van der Waals surface area contributed by atoms with E-state index in [2.05, 4.69) is 17.4 Å². The van der Waals surface area contributed by atoms with Gasteiger partial charge in [0.05, 0.1) is 13.3 Å². The van der Waals surface area contributed by atoms with Crippen molar-refractivity contribution in [3.63, 3.8) is 0 Å². The molecule has 0 radical (unpaired) electrons. The van der Waals surface area contributed by atoms with Crippen LogP contribution in [-0.4, -0.2) is 19.8 Å². The van der Waals surface area contributed by atoms with Crippen LogP contribution >= 0.6 is 0 Å². The summed E-state index contributed by atoms with van der Waals surface area (Å²) in [6, 6.07) is 8.18. The summed E-state index contributed by atoms with van der Waals surface area (Å²) >= 11 is 0. The predicted molar refractivity (Wildman–Crippen MR) is 64.1 cm³/mol. The largest absolute Gasteiger partial charge is 0.377 e. The summed E-state index contributed by atoms with van der Waals surface area (Å²) in [5.41, 5.74) is 2.44. The lowest BCUT2D eigenvalue weighted by molar-refractivity contribution is 0.133. The molecular formula is C13H20FNO. The van der Waals surface area contributed by atoms with Crippen molar-refractivity contribution in [3.8, 4) is 0 Å². The zero-order valence-electron chi connectivity index (χ0n) is 9.84.